The number of rotatable bonds is 6. The van der Waals surface area contributed by atoms with E-state index >= 15 is 0 Å². The van der Waals surface area contributed by atoms with E-state index in [2.05, 4.69) is 0 Å². The Morgan fingerprint density at radius 3 is 0.472 bits per heavy atom. The topological polar surface area (TPSA) is 83.1 Å². The van der Waals surface area contributed by atoms with Gasteiger partial charge in [0.15, 0.2) is 0 Å². The fraction of sp³-hybridized carbons (Fsp3) is 1.00. The second-order valence-corrected chi connectivity index (χ2v) is 21.8. The highest BCUT2D eigenvalue weighted by molar-refractivity contribution is 6.83. The summed E-state index contributed by atoms with van der Waals surface area (Å²) in [5.41, 5.74) is -4.24. The molecule has 216 valence electrons. The number of hydrogen-bond acceptors (Lipinski definition) is 9. The molecule has 1 saturated heterocycles. The standard InChI is InChI=1S/C24H54O9Si3/c1-19(2,3)25-34(26-20(4,5)6)31-35(27-21(7,8)9,28-22(10,11)12)33-36(32-34,29-23(13,14)15)30-24(16,17)18/h1-18H3. The summed E-state index contributed by atoms with van der Waals surface area (Å²) >= 11 is 0. The lowest BCUT2D eigenvalue weighted by Gasteiger charge is -2.52. The van der Waals surface area contributed by atoms with E-state index in [1.807, 2.05) is 125 Å². The molecule has 0 amide bonds. The lowest BCUT2D eigenvalue weighted by molar-refractivity contribution is -0.181. The minimum atomic E-state index is -4.12. The average molecular weight is 571 g/mol. The van der Waals surface area contributed by atoms with Crippen LogP contribution in [0.2, 0.25) is 0 Å². The van der Waals surface area contributed by atoms with E-state index in [9.17, 15) is 0 Å². The minimum Gasteiger partial charge on any atom is -0.347 e. The fourth-order valence-corrected chi connectivity index (χ4v) is 15.0. The Morgan fingerprint density at radius 2 is 0.389 bits per heavy atom. The first-order valence-corrected chi connectivity index (χ1v) is 17.6. The summed E-state index contributed by atoms with van der Waals surface area (Å²) < 4.78 is 59.3. The van der Waals surface area contributed by atoms with Crippen LogP contribution in [0.25, 0.3) is 0 Å². The third-order valence-electron chi connectivity index (χ3n) is 3.34. The van der Waals surface area contributed by atoms with Crippen LogP contribution in [0.4, 0.5) is 0 Å². The molecule has 12 heteroatoms. The molecule has 0 unspecified atom stereocenters. The molecule has 1 aliphatic rings. The van der Waals surface area contributed by atoms with E-state index in [0.717, 1.165) is 0 Å². The molecular formula is C24H54O9Si3. The van der Waals surface area contributed by atoms with Crippen LogP contribution < -0.4 is 0 Å². The summed E-state index contributed by atoms with van der Waals surface area (Å²) in [7, 11) is -12.4. The minimum absolute atomic E-state index is 0.706. The molecule has 1 aliphatic heterocycles. The first-order chi connectivity index (χ1) is 15.4. The predicted molar refractivity (Wildman–Crippen MR) is 146 cm³/mol. The van der Waals surface area contributed by atoms with Crippen molar-refractivity contribution in [2.45, 2.75) is 158 Å². The Bertz CT molecular complexity index is 573. The highest BCUT2D eigenvalue weighted by Crippen LogP contribution is 2.43. The Balaban J connectivity index is 4.04. The lowest BCUT2D eigenvalue weighted by atomic mass is 10.2. The van der Waals surface area contributed by atoms with Crippen molar-refractivity contribution in [1.29, 1.82) is 0 Å². The third-order valence-corrected chi connectivity index (χ3v) is 14.5. The monoisotopic (exact) mass is 570 g/mol. The summed E-state index contributed by atoms with van der Waals surface area (Å²) in [5.74, 6) is 0. The molecule has 0 spiro atoms. The highest BCUT2D eigenvalue weighted by Gasteiger charge is 2.78. The Kier molecular flexibility index (Phi) is 9.88. The molecule has 0 atom stereocenters. The van der Waals surface area contributed by atoms with Gasteiger partial charge in [0.05, 0.1) is 33.6 Å². The van der Waals surface area contributed by atoms with Gasteiger partial charge in [-0.05, 0) is 125 Å². The van der Waals surface area contributed by atoms with E-state index in [0.29, 0.717) is 0 Å². The first-order valence-electron chi connectivity index (χ1n) is 12.7. The van der Waals surface area contributed by atoms with Gasteiger partial charge >= 0.3 is 27.1 Å². The summed E-state index contributed by atoms with van der Waals surface area (Å²) in [6.07, 6.45) is 0. The summed E-state index contributed by atoms with van der Waals surface area (Å²) in [6, 6.07) is 0. The molecule has 1 heterocycles. The summed E-state index contributed by atoms with van der Waals surface area (Å²) in [6.45, 7) is 34.4. The van der Waals surface area contributed by atoms with Gasteiger partial charge in [-0.2, -0.15) is 0 Å². The van der Waals surface area contributed by atoms with Crippen LogP contribution >= 0.6 is 0 Å². The van der Waals surface area contributed by atoms with Gasteiger partial charge in [0.1, 0.15) is 0 Å². The Labute approximate surface area is 224 Å². The van der Waals surface area contributed by atoms with Crippen LogP contribution in [0.5, 0.6) is 0 Å². The van der Waals surface area contributed by atoms with Gasteiger partial charge in [-0.15, -0.1) is 0 Å². The first kappa shape index (κ1) is 34.3. The Morgan fingerprint density at radius 1 is 0.278 bits per heavy atom. The van der Waals surface area contributed by atoms with Crippen molar-refractivity contribution in [3.8, 4) is 0 Å². The van der Waals surface area contributed by atoms with Gasteiger partial charge < -0.3 is 38.9 Å². The van der Waals surface area contributed by atoms with Gasteiger partial charge in [0, 0.05) is 0 Å². The van der Waals surface area contributed by atoms with E-state index in [1.54, 1.807) is 0 Å². The van der Waals surface area contributed by atoms with E-state index in [-0.39, 0.29) is 0 Å². The van der Waals surface area contributed by atoms with Crippen molar-refractivity contribution >= 4 is 27.1 Å². The van der Waals surface area contributed by atoms with Crippen molar-refractivity contribution in [3.63, 3.8) is 0 Å². The van der Waals surface area contributed by atoms with E-state index in [1.165, 1.54) is 0 Å². The zero-order valence-electron chi connectivity index (χ0n) is 26.2. The van der Waals surface area contributed by atoms with Crippen molar-refractivity contribution in [1.82, 2.24) is 0 Å². The average Bonchev–Trinajstić information content (AvgIpc) is 2.30. The molecule has 36 heavy (non-hydrogen) atoms. The highest BCUT2D eigenvalue weighted by atomic mass is 28.6. The molecule has 0 aromatic heterocycles. The van der Waals surface area contributed by atoms with Gasteiger partial charge in [-0.1, -0.05) is 0 Å². The summed E-state index contributed by atoms with van der Waals surface area (Å²) in [5, 5.41) is 0. The second kappa shape index (κ2) is 10.4. The van der Waals surface area contributed by atoms with Gasteiger partial charge in [-0.25, -0.2) is 0 Å². The molecular weight excluding hydrogens is 517 g/mol. The van der Waals surface area contributed by atoms with Crippen molar-refractivity contribution in [2.24, 2.45) is 0 Å². The van der Waals surface area contributed by atoms with E-state index in [4.69, 9.17) is 38.9 Å². The Hall–Kier alpha value is 0.291. The van der Waals surface area contributed by atoms with Gasteiger partial charge in [0.2, 0.25) is 0 Å². The maximum Gasteiger partial charge on any atom is 0.668 e. The molecule has 0 aromatic rings. The molecule has 9 nitrogen and oxygen atoms in total. The molecule has 0 bridgehead atoms. The van der Waals surface area contributed by atoms with Crippen LogP contribution in [0.15, 0.2) is 0 Å². The molecule has 0 aliphatic carbocycles. The molecule has 0 N–H and O–H groups in total. The number of hydrogen-bond donors (Lipinski definition) is 0. The molecule has 1 rings (SSSR count). The summed E-state index contributed by atoms with van der Waals surface area (Å²) in [4.78, 5) is 0. The van der Waals surface area contributed by atoms with Gasteiger partial charge in [0.25, 0.3) is 0 Å². The van der Waals surface area contributed by atoms with E-state index < -0.39 is 60.8 Å². The molecule has 0 radical (unpaired) electrons. The van der Waals surface area contributed by atoms with Crippen LogP contribution in [0.1, 0.15) is 125 Å². The molecule has 1 fully saturated rings. The van der Waals surface area contributed by atoms with Crippen LogP contribution in [-0.4, -0.2) is 60.8 Å². The maximum absolute atomic E-state index is 6.67. The quantitative estimate of drug-likeness (QED) is 0.344. The predicted octanol–water partition coefficient (Wildman–Crippen LogP) is 6.25. The smallest absolute Gasteiger partial charge is 0.347 e. The lowest BCUT2D eigenvalue weighted by Crippen LogP contribution is -2.80. The normalized spacial score (nSPS) is 21.5. The molecule has 0 aromatic carbocycles. The van der Waals surface area contributed by atoms with Crippen molar-refractivity contribution in [3.05, 3.63) is 0 Å². The zero-order chi connectivity index (χ0) is 28.9. The largest absolute Gasteiger partial charge is 0.668 e. The van der Waals surface area contributed by atoms with Crippen LogP contribution in [0, 0.1) is 0 Å². The second-order valence-electron chi connectivity index (χ2n) is 15.1. The maximum atomic E-state index is 6.67. The van der Waals surface area contributed by atoms with Crippen LogP contribution in [-0.2, 0) is 38.9 Å². The van der Waals surface area contributed by atoms with Crippen molar-refractivity contribution in [2.75, 3.05) is 0 Å². The third kappa shape index (κ3) is 12.9. The molecule has 0 saturated carbocycles. The van der Waals surface area contributed by atoms with Crippen LogP contribution in [0.3, 0.4) is 0 Å². The zero-order valence-corrected chi connectivity index (χ0v) is 29.2. The van der Waals surface area contributed by atoms with Crippen molar-refractivity contribution < 1.29 is 38.9 Å². The van der Waals surface area contributed by atoms with Gasteiger partial charge in [-0.3, -0.25) is 0 Å². The fourth-order valence-electron chi connectivity index (χ4n) is 3.08. The SMILES string of the molecule is CC(C)(C)O[Si]1(OC(C)(C)C)O[Si](OC(C)(C)C)(OC(C)(C)C)O[Si](OC(C)(C)C)(OC(C)(C)C)O1.